The van der Waals surface area contributed by atoms with E-state index in [1.54, 1.807) is 23.1 Å². The summed E-state index contributed by atoms with van der Waals surface area (Å²) in [5.41, 5.74) is 1.41. The van der Waals surface area contributed by atoms with Crippen LogP contribution in [0.5, 0.6) is 0 Å². The molecule has 2 fully saturated rings. The quantitative estimate of drug-likeness (QED) is 0.624. The minimum atomic E-state index is -3.97. The van der Waals surface area contributed by atoms with Crippen molar-refractivity contribution in [1.82, 2.24) is 5.32 Å². The van der Waals surface area contributed by atoms with Gasteiger partial charge in [-0.1, -0.05) is 17.7 Å². The van der Waals surface area contributed by atoms with E-state index in [9.17, 15) is 18.0 Å². The summed E-state index contributed by atoms with van der Waals surface area (Å²) in [4.78, 5) is 26.3. The van der Waals surface area contributed by atoms with Gasteiger partial charge in [-0.05, 0) is 37.3 Å². The minimum Gasteiger partial charge on any atom is -0.442 e. The van der Waals surface area contributed by atoms with Crippen molar-refractivity contribution in [3.63, 3.8) is 0 Å². The van der Waals surface area contributed by atoms with E-state index in [0.29, 0.717) is 23.7 Å². The Balaban J connectivity index is 1.57. The number of thioether (sulfide) groups is 1. The molecule has 2 heterocycles. The van der Waals surface area contributed by atoms with E-state index in [0.717, 1.165) is 5.56 Å². The van der Waals surface area contributed by atoms with Crippen LogP contribution in [-0.2, 0) is 19.6 Å². The van der Waals surface area contributed by atoms with Crippen molar-refractivity contribution in [1.29, 1.82) is 0 Å². The summed E-state index contributed by atoms with van der Waals surface area (Å²) in [6, 6.07) is 10.7. The summed E-state index contributed by atoms with van der Waals surface area (Å²) in [7, 11) is -3.97. The molecule has 186 valence electrons. The van der Waals surface area contributed by atoms with Crippen molar-refractivity contribution in [3.8, 4) is 0 Å². The Morgan fingerprint density at radius 2 is 1.97 bits per heavy atom. The molecule has 2 aliphatic heterocycles. The van der Waals surface area contributed by atoms with E-state index in [-0.39, 0.29) is 35.4 Å². The molecule has 0 saturated carbocycles. The molecule has 0 spiro atoms. The number of carbonyl (C=O) groups is 2. The monoisotopic (exact) mass is 520 g/mol. The Morgan fingerprint density at radius 1 is 1.23 bits per heavy atom. The Bertz CT molecular complexity index is 1270. The highest BCUT2D eigenvalue weighted by Gasteiger charge is 2.33. The number of ether oxygens (including phenoxy) is 1. The van der Waals surface area contributed by atoms with Gasteiger partial charge in [-0.25, -0.2) is 9.18 Å². The summed E-state index contributed by atoms with van der Waals surface area (Å²) in [5.74, 6) is 0.373. The second-order valence-electron chi connectivity index (χ2n) is 8.19. The highest BCUT2D eigenvalue weighted by molar-refractivity contribution is 8.00. The number of amidine groups is 1. The molecule has 0 bridgehead atoms. The maximum Gasteiger partial charge on any atom is 0.414 e. The van der Waals surface area contributed by atoms with Gasteiger partial charge in [0.2, 0.25) is 5.91 Å². The predicted molar refractivity (Wildman–Crippen MR) is 133 cm³/mol. The van der Waals surface area contributed by atoms with Crippen LogP contribution in [0.3, 0.4) is 0 Å². The van der Waals surface area contributed by atoms with E-state index >= 15 is 4.39 Å². The summed E-state index contributed by atoms with van der Waals surface area (Å²) >= 11 is 1.52. The maximum atomic E-state index is 15.3. The molecule has 9 nitrogen and oxygen atoms in total. The lowest BCUT2D eigenvalue weighted by Gasteiger charge is -2.30. The molecule has 1 N–H and O–H groups in total. The summed E-state index contributed by atoms with van der Waals surface area (Å²) < 4.78 is 50.2. The van der Waals surface area contributed by atoms with Crippen LogP contribution in [0, 0.1) is 12.7 Å². The van der Waals surface area contributed by atoms with E-state index in [1.165, 1.54) is 47.9 Å². The molecule has 2 amide bonds. The zero-order valence-corrected chi connectivity index (χ0v) is 20.9. The summed E-state index contributed by atoms with van der Waals surface area (Å²) in [6.07, 6.45) is -1.17. The number of cyclic esters (lactones) is 1. The van der Waals surface area contributed by atoms with Gasteiger partial charge in [0.1, 0.15) is 17.8 Å². The minimum absolute atomic E-state index is 0.0725. The number of sulfonamides is 1. The second kappa shape index (κ2) is 10.2. The molecule has 0 unspecified atom stereocenters. The number of amides is 2. The number of anilines is 2. The number of nitrogens with zero attached hydrogens (tertiary/aromatic N) is 3. The van der Waals surface area contributed by atoms with Gasteiger partial charge in [-0.15, -0.1) is 4.40 Å². The van der Waals surface area contributed by atoms with Gasteiger partial charge in [0.05, 0.1) is 35.1 Å². The van der Waals surface area contributed by atoms with Gasteiger partial charge in [0.15, 0.2) is 0 Å². The van der Waals surface area contributed by atoms with Crippen LogP contribution < -0.4 is 15.1 Å². The molecule has 0 aromatic heterocycles. The number of benzene rings is 2. The first kappa shape index (κ1) is 25.0. The average molecular weight is 521 g/mol. The van der Waals surface area contributed by atoms with Crippen LogP contribution in [0.4, 0.5) is 20.6 Å². The van der Waals surface area contributed by atoms with E-state index in [4.69, 9.17) is 4.74 Å². The molecule has 2 saturated heterocycles. The highest BCUT2D eigenvalue weighted by atomic mass is 32.2. The normalized spacial score (nSPS) is 19.7. The number of carbonyl (C=O) groups excluding carboxylic acids is 2. The first-order valence-corrected chi connectivity index (χ1v) is 13.5. The van der Waals surface area contributed by atoms with Crippen molar-refractivity contribution in [2.45, 2.75) is 24.8 Å². The Hall–Kier alpha value is -3.12. The van der Waals surface area contributed by atoms with Crippen LogP contribution in [0.25, 0.3) is 0 Å². The van der Waals surface area contributed by atoms with E-state index in [2.05, 4.69) is 9.71 Å². The average Bonchev–Trinajstić information content (AvgIpc) is 3.19. The number of hydrogen-bond acceptors (Lipinski definition) is 6. The first-order chi connectivity index (χ1) is 16.6. The lowest BCUT2D eigenvalue weighted by Crippen LogP contribution is -2.39. The lowest BCUT2D eigenvalue weighted by molar-refractivity contribution is -0.119. The molecule has 0 aliphatic carbocycles. The third-order valence-electron chi connectivity index (χ3n) is 5.53. The largest absolute Gasteiger partial charge is 0.442 e. The molecule has 2 aromatic carbocycles. The zero-order chi connectivity index (χ0) is 25.2. The number of halogens is 1. The summed E-state index contributed by atoms with van der Waals surface area (Å²) in [5, 5.41) is 2.59. The molecular weight excluding hydrogens is 495 g/mol. The fourth-order valence-corrected chi connectivity index (χ4v) is 5.71. The van der Waals surface area contributed by atoms with Gasteiger partial charge in [-0.2, -0.15) is 20.2 Å². The predicted octanol–water partition coefficient (Wildman–Crippen LogP) is 2.94. The fourth-order valence-electron chi connectivity index (χ4n) is 3.74. The number of aryl methyl sites for hydroxylation is 1. The SMILES string of the molecule is CC(=O)NC[C@H]1CN(c2ccc(N3CCSCC3=NS(=O)(=O)c3ccc(C)cc3)c(F)c2)C(=O)O1. The van der Waals surface area contributed by atoms with Crippen LogP contribution in [-0.4, -0.2) is 63.5 Å². The molecule has 1 atom stereocenters. The number of nitrogens with one attached hydrogen (secondary N) is 1. The van der Waals surface area contributed by atoms with Gasteiger partial charge in [0.25, 0.3) is 10.0 Å². The van der Waals surface area contributed by atoms with Gasteiger partial charge in [-0.3, -0.25) is 9.69 Å². The molecule has 2 aromatic rings. The molecule has 12 heteroatoms. The molecule has 4 rings (SSSR count). The van der Waals surface area contributed by atoms with E-state index in [1.807, 2.05) is 6.92 Å². The number of rotatable bonds is 6. The smallest absolute Gasteiger partial charge is 0.414 e. The Kier molecular flexibility index (Phi) is 7.31. The van der Waals surface area contributed by atoms with Crippen molar-refractivity contribution in [2.75, 3.05) is 40.9 Å². The van der Waals surface area contributed by atoms with Crippen LogP contribution in [0.1, 0.15) is 12.5 Å². The topological polar surface area (TPSA) is 108 Å². The fraction of sp³-hybridized carbons (Fsp3) is 0.348. The molecular formula is C23H25FN4O5S2. The molecule has 35 heavy (non-hydrogen) atoms. The second-order valence-corrected chi connectivity index (χ2v) is 10.9. The van der Waals surface area contributed by atoms with E-state index < -0.39 is 28.0 Å². The van der Waals surface area contributed by atoms with Crippen LogP contribution in [0.15, 0.2) is 51.8 Å². The van der Waals surface area contributed by atoms with Crippen LogP contribution >= 0.6 is 11.8 Å². The van der Waals surface area contributed by atoms with Crippen molar-refractivity contribution >= 4 is 51.0 Å². The van der Waals surface area contributed by atoms with Crippen molar-refractivity contribution < 1.29 is 27.1 Å². The summed E-state index contributed by atoms with van der Waals surface area (Å²) in [6.45, 7) is 3.94. The lowest BCUT2D eigenvalue weighted by atomic mass is 10.2. The van der Waals surface area contributed by atoms with Gasteiger partial charge in [0, 0.05) is 19.2 Å². The Morgan fingerprint density at radius 3 is 2.66 bits per heavy atom. The first-order valence-electron chi connectivity index (χ1n) is 10.9. The zero-order valence-electron chi connectivity index (χ0n) is 19.2. The third-order valence-corrected chi connectivity index (χ3v) is 7.79. The van der Waals surface area contributed by atoms with Crippen molar-refractivity contribution in [2.24, 2.45) is 4.40 Å². The molecule has 2 aliphatic rings. The number of hydrogen-bond donors (Lipinski definition) is 1. The maximum absolute atomic E-state index is 15.3. The van der Waals surface area contributed by atoms with Gasteiger partial charge < -0.3 is 15.0 Å². The Labute approximate surface area is 207 Å². The van der Waals surface area contributed by atoms with Gasteiger partial charge >= 0.3 is 6.09 Å². The van der Waals surface area contributed by atoms with Crippen molar-refractivity contribution in [3.05, 3.63) is 53.8 Å². The standard InChI is InChI=1S/C23H25FN4O5S2/c1-15-3-6-19(7-4-15)35(31,32)26-22-14-34-10-9-27(22)21-8-5-17(11-20(21)24)28-13-18(33-23(28)30)12-25-16(2)29/h3-8,11,18H,9-10,12-14H2,1-2H3,(H,25,29)/t18-/m0/s1. The van der Waals surface area contributed by atoms with Crippen LogP contribution in [0.2, 0.25) is 0 Å². The highest BCUT2D eigenvalue weighted by Crippen LogP contribution is 2.30. The third kappa shape index (κ3) is 5.76. The molecule has 0 radical (unpaired) electrons.